The predicted molar refractivity (Wildman–Crippen MR) is 78.0 cm³/mol. The van der Waals surface area contributed by atoms with Crippen LogP contribution in [0.2, 0.25) is 0 Å². The van der Waals surface area contributed by atoms with E-state index in [1.807, 2.05) is 30.3 Å². The number of nitrogens with zero attached hydrogens (tertiary/aromatic N) is 2. The van der Waals surface area contributed by atoms with Crippen molar-refractivity contribution in [2.24, 2.45) is 7.05 Å². The smallest absolute Gasteiger partial charge is 0.408 e. The van der Waals surface area contributed by atoms with E-state index in [4.69, 9.17) is 9.84 Å². The van der Waals surface area contributed by atoms with E-state index < -0.39 is 18.1 Å². The molecule has 1 unspecified atom stereocenters. The van der Waals surface area contributed by atoms with Crippen LogP contribution in [0.4, 0.5) is 4.79 Å². The summed E-state index contributed by atoms with van der Waals surface area (Å²) in [6.45, 7) is 0.120. The Morgan fingerprint density at radius 1 is 1.32 bits per heavy atom. The van der Waals surface area contributed by atoms with Crippen molar-refractivity contribution in [2.45, 2.75) is 19.1 Å². The topological polar surface area (TPSA) is 93.5 Å². The van der Waals surface area contributed by atoms with Crippen LogP contribution in [0.5, 0.6) is 0 Å². The van der Waals surface area contributed by atoms with Gasteiger partial charge >= 0.3 is 12.1 Å². The molecule has 0 saturated carbocycles. The first kappa shape index (κ1) is 15.6. The molecule has 7 heteroatoms. The minimum atomic E-state index is -1.03. The number of amides is 1. The van der Waals surface area contributed by atoms with Gasteiger partial charge in [0.2, 0.25) is 0 Å². The highest BCUT2D eigenvalue weighted by Gasteiger charge is 2.21. The fourth-order valence-electron chi connectivity index (χ4n) is 1.93. The van der Waals surface area contributed by atoms with E-state index in [1.54, 1.807) is 24.0 Å². The molecule has 1 atom stereocenters. The standard InChI is InChI=1S/C15H17N3O4/c1-18-8-7-12(17-18)13(9-14(19)20)16-15(21)22-10-11-5-3-2-4-6-11/h2-8,13H,9-10H2,1H3,(H,16,21)(H,19,20). The second-order valence-corrected chi connectivity index (χ2v) is 4.77. The number of carboxylic acids is 1. The highest BCUT2D eigenvalue weighted by atomic mass is 16.5. The normalized spacial score (nSPS) is 11.7. The Labute approximate surface area is 127 Å². The summed E-state index contributed by atoms with van der Waals surface area (Å²) in [5.41, 5.74) is 1.33. The summed E-state index contributed by atoms with van der Waals surface area (Å²) in [4.78, 5) is 22.8. The molecule has 1 aromatic carbocycles. The molecule has 22 heavy (non-hydrogen) atoms. The van der Waals surface area contributed by atoms with E-state index >= 15 is 0 Å². The third kappa shape index (κ3) is 4.62. The minimum absolute atomic E-state index is 0.120. The third-order valence-electron chi connectivity index (χ3n) is 2.97. The van der Waals surface area contributed by atoms with Crippen LogP contribution in [0.3, 0.4) is 0 Å². The van der Waals surface area contributed by atoms with Crippen molar-refractivity contribution in [3.8, 4) is 0 Å². The number of rotatable bonds is 6. The number of nitrogens with one attached hydrogen (secondary N) is 1. The first-order valence-electron chi connectivity index (χ1n) is 6.73. The summed E-state index contributed by atoms with van der Waals surface area (Å²) in [6.07, 6.45) is 0.735. The van der Waals surface area contributed by atoms with Gasteiger partial charge in [0.05, 0.1) is 18.2 Å². The van der Waals surface area contributed by atoms with Crippen LogP contribution in [-0.4, -0.2) is 26.9 Å². The Morgan fingerprint density at radius 2 is 2.05 bits per heavy atom. The second-order valence-electron chi connectivity index (χ2n) is 4.77. The maximum atomic E-state index is 11.8. The molecule has 1 amide bonds. The van der Waals surface area contributed by atoms with Crippen molar-refractivity contribution < 1.29 is 19.4 Å². The van der Waals surface area contributed by atoms with Crippen LogP contribution in [0.15, 0.2) is 42.6 Å². The summed E-state index contributed by atoms with van der Waals surface area (Å²) in [6, 6.07) is 10.2. The molecular weight excluding hydrogens is 286 g/mol. The van der Waals surface area contributed by atoms with E-state index in [0.717, 1.165) is 5.56 Å². The molecule has 1 heterocycles. The lowest BCUT2D eigenvalue weighted by atomic mass is 10.1. The lowest BCUT2D eigenvalue weighted by molar-refractivity contribution is -0.137. The number of hydrogen-bond donors (Lipinski definition) is 2. The molecule has 0 radical (unpaired) electrons. The van der Waals surface area contributed by atoms with Crippen molar-refractivity contribution in [2.75, 3.05) is 0 Å². The quantitative estimate of drug-likeness (QED) is 0.849. The molecule has 116 valence electrons. The fourth-order valence-corrected chi connectivity index (χ4v) is 1.93. The van der Waals surface area contributed by atoms with Crippen molar-refractivity contribution in [3.05, 3.63) is 53.9 Å². The average Bonchev–Trinajstić information content (AvgIpc) is 2.92. The van der Waals surface area contributed by atoms with Crippen molar-refractivity contribution >= 4 is 12.1 Å². The van der Waals surface area contributed by atoms with Gasteiger partial charge in [-0.25, -0.2) is 4.79 Å². The Hall–Kier alpha value is -2.83. The van der Waals surface area contributed by atoms with Gasteiger partial charge in [0.15, 0.2) is 0 Å². The number of aromatic nitrogens is 2. The van der Waals surface area contributed by atoms with E-state index in [-0.39, 0.29) is 13.0 Å². The molecule has 2 aromatic rings. The molecule has 0 aliphatic rings. The molecule has 2 N–H and O–H groups in total. The van der Waals surface area contributed by atoms with Gasteiger partial charge in [-0.2, -0.15) is 5.10 Å². The summed E-state index contributed by atoms with van der Waals surface area (Å²) in [5, 5.41) is 15.6. The fraction of sp³-hybridized carbons (Fsp3) is 0.267. The Morgan fingerprint density at radius 3 is 2.64 bits per heavy atom. The highest BCUT2D eigenvalue weighted by Crippen LogP contribution is 2.15. The Balaban J connectivity index is 1.94. The zero-order valence-corrected chi connectivity index (χ0v) is 12.1. The van der Waals surface area contributed by atoms with Crippen LogP contribution in [0, 0.1) is 0 Å². The molecule has 0 bridgehead atoms. The highest BCUT2D eigenvalue weighted by molar-refractivity contribution is 5.71. The molecule has 1 aromatic heterocycles. The third-order valence-corrected chi connectivity index (χ3v) is 2.97. The average molecular weight is 303 g/mol. The van der Waals surface area contributed by atoms with Crippen molar-refractivity contribution in [1.29, 1.82) is 0 Å². The van der Waals surface area contributed by atoms with Gasteiger partial charge < -0.3 is 15.2 Å². The first-order chi connectivity index (χ1) is 10.5. The van der Waals surface area contributed by atoms with E-state index in [2.05, 4.69) is 10.4 Å². The molecule has 2 rings (SSSR count). The molecule has 7 nitrogen and oxygen atoms in total. The first-order valence-corrected chi connectivity index (χ1v) is 6.73. The number of benzene rings is 1. The van der Waals surface area contributed by atoms with Gasteiger partial charge in [-0.3, -0.25) is 9.48 Å². The number of ether oxygens (including phenoxy) is 1. The second kappa shape index (κ2) is 7.26. The predicted octanol–water partition coefficient (Wildman–Crippen LogP) is 1.86. The minimum Gasteiger partial charge on any atom is -0.481 e. The SMILES string of the molecule is Cn1ccc(C(CC(=O)O)NC(=O)OCc2ccccc2)n1. The summed E-state index contributed by atoms with van der Waals surface area (Å²) in [5.74, 6) is -1.03. The largest absolute Gasteiger partial charge is 0.481 e. The van der Waals surface area contributed by atoms with Gasteiger partial charge in [0.25, 0.3) is 0 Å². The molecule has 0 aliphatic heterocycles. The van der Waals surface area contributed by atoms with Crippen LogP contribution >= 0.6 is 0 Å². The van der Waals surface area contributed by atoms with Crippen LogP contribution < -0.4 is 5.32 Å². The number of carboxylic acid groups (broad SMARTS) is 1. The van der Waals surface area contributed by atoms with Gasteiger partial charge in [-0.05, 0) is 11.6 Å². The van der Waals surface area contributed by atoms with E-state index in [0.29, 0.717) is 5.69 Å². The molecule has 0 saturated heterocycles. The number of hydrogen-bond acceptors (Lipinski definition) is 4. The van der Waals surface area contributed by atoms with E-state index in [9.17, 15) is 9.59 Å². The summed E-state index contributed by atoms with van der Waals surface area (Å²) < 4.78 is 6.63. The number of carbonyl (C=O) groups excluding carboxylic acids is 1. The van der Waals surface area contributed by atoms with Crippen LogP contribution in [0.1, 0.15) is 23.7 Å². The molecule has 0 fully saturated rings. The van der Waals surface area contributed by atoms with Crippen molar-refractivity contribution in [1.82, 2.24) is 15.1 Å². The summed E-state index contributed by atoms with van der Waals surface area (Å²) >= 11 is 0. The monoisotopic (exact) mass is 303 g/mol. The zero-order valence-electron chi connectivity index (χ0n) is 12.1. The van der Waals surface area contributed by atoms with Gasteiger partial charge in [-0.15, -0.1) is 0 Å². The number of aryl methyl sites for hydroxylation is 1. The Kier molecular flexibility index (Phi) is 5.13. The number of alkyl carbamates (subject to hydrolysis) is 1. The van der Waals surface area contributed by atoms with Gasteiger partial charge in [0.1, 0.15) is 6.61 Å². The van der Waals surface area contributed by atoms with Crippen molar-refractivity contribution in [3.63, 3.8) is 0 Å². The van der Waals surface area contributed by atoms with Crippen LogP contribution in [0.25, 0.3) is 0 Å². The lowest BCUT2D eigenvalue weighted by Gasteiger charge is -2.15. The Bertz CT molecular complexity index is 639. The maximum Gasteiger partial charge on any atom is 0.408 e. The molecular formula is C15H17N3O4. The lowest BCUT2D eigenvalue weighted by Crippen LogP contribution is -2.31. The summed E-state index contributed by atoms with van der Waals surface area (Å²) in [7, 11) is 1.72. The number of carbonyl (C=O) groups is 2. The molecule has 0 spiro atoms. The van der Waals surface area contributed by atoms with Gasteiger partial charge in [0, 0.05) is 13.2 Å². The maximum absolute atomic E-state index is 11.8. The number of aliphatic carboxylic acids is 1. The zero-order chi connectivity index (χ0) is 15.9. The molecule has 0 aliphatic carbocycles. The van der Waals surface area contributed by atoms with E-state index in [1.165, 1.54) is 0 Å². The van der Waals surface area contributed by atoms with Crippen LogP contribution in [-0.2, 0) is 23.2 Å². The van der Waals surface area contributed by atoms with Gasteiger partial charge in [-0.1, -0.05) is 30.3 Å².